The Morgan fingerprint density at radius 1 is 1.10 bits per heavy atom. The van der Waals surface area contributed by atoms with E-state index in [0.29, 0.717) is 6.54 Å². The molecule has 1 aromatic rings. The second-order valence-corrected chi connectivity index (χ2v) is 5.32. The van der Waals surface area contributed by atoms with E-state index < -0.39 is 42.4 Å². The molecule has 8 heteroatoms. The largest absolute Gasteiger partial charge is 0.487 e. The van der Waals surface area contributed by atoms with Crippen LogP contribution in [0.2, 0.25) is 0 Å². The van der Waals surface area contributed by atoms with Crippen molar-refractivity contribution in [1.29, 1.82) is 0 Å². The summed E-state index contributed by atoms with van der Waals surface area (Å²) in [5, 5.41) is 38.9. The highest BCUT2D eigenvalue weighted by Crippen LogP contribution is 2.40. The van der Waals surface area contributed by atoms with Gasteiger partial charge in [-0.25, -0.2) is 4.98 Å². The van der Waals surface area contributed by atoms with E-state index in [1.807, 2.05) is 0 Å². The zero-order chi connectivity index (χ0) is 15.1. The van der Waals surface area contributed by atoms with Gasteiger partial charge in [-0.1, -0.05) is 0 Å². The standard InChI is InChI=1S/C13H17FN2O5/c14-13-6(2-1-3-15-13)21-5-4-16-7-8(16)10(18)12(20)11(19)9(7)17/h1-3,7-12,17-20H,4-5H2/t7-,8+,9-,10-,11+,12+,16?/m1/s1. The summed E-state index contributed by atoms with van der Waals surface area (Å²) in [6.07, 6.45) is -3.67. The molecule has 1 aromatic heterocycles. The fraction of sp³-hybridized carbons (Fsp3) is 0.615. The molecule has 7 nitrogen and oxygen atoms in total. The quantitative estimate of drug-likeness (QED) is 0.380. The van der Waals surface area contributed by atoms with Crippen LogP contribution in [0.1, 0.15) is 0 Å². The molecule has 2 fully saturated rings. The minimum absolute atomic E-state index is 0.0310. The van der Waals surface area contributed by atoms with Gasteiger partial charge in [0.15, 0.2) is 5.75 Å². The van der Waals surface area contributed by atoms with Crippen molar-refractivity contribution < 1.29 is 29.6 Å². The lowest BCUT2D eigenvalue weighted by molar-refractivity contribution is -0.121. The van der Waals surface area contributed by atoms with Crippen molar-refractivity contribution in [3.8, 4) is 5.75 Å². The van der Waals surface area contributed by atoms with Gasteiger partial charge in [0.2, 0.25) is 0 Å². The Morgan fingerprint density at radius 2 is 1.71 bits per heavy atom. The Morgan fingerprint density at radius 3 is 2.29 bits per heavy atom. The van der Waals surface area contributed by atoms with E-state index in [0.717, 1.165) is 0 Å². The Bertz CT molecular complexity index is 499. The predicted molar refractivity (Wildman–Crippen MR) is 68.0 cm³/mol. The number of fused-ring (bicyclic) bond motifs is 1. The Hall–Kier alpha value is -1.32. The first-order chi connectivity index (χ1) is 10.0. The SMILES string of the molecule is O[C@@H]1[C@@H](O)[C@H](O)[C@H]2[C@@H]([C@H]1O)N2CCOc1cccnc1F. The molecule has 0 amide bonds. The molecule has 0 aromatic carbocycles. The molecule has 1 unspecified atom stereocenters. The molecule has 1 saturated carbocycles. The number of nitrogens with zero attached hydrogens (tertiary/aromatic N) is 2. The van der Waals surface area contributed by atoms with Crippen molar-refractivity contribution in [3.63, 3.8) is 0 Å². The van der Waals surface area contributed by atoms with Crippen molar-refractivity contribution in [1.82, 2.24) is 9.88 Å². The van der Waals surface area contributed by atoms with Crippen molar-refractivity contribution in [2.24, 2.45) is 0 Å². The Labute approximate surface area is 120 Å². The molecule has 1 aliphatic heterocycles. The fourth-order valence-electron chi connectivity index (χ4n) is 2.96. The van der Waals surface area contributed by atoms with Crippen LogP contribution in [0, 0.1) is 5.95 Å². The van der Waals surface area contributed by atoms with Gasteiger partial charge in [-0.3, -0.25) is 4.90 Å². The van der Waals surface area contributed by atoms with E-state index in [2.05, 4.69) is 4.98 Å². The van der Waals surface area contributed by atoms with Crippen LogP contribution < -0.4 is 4.74 Å². The van der Waals surface area contributed by atoms with E-state index in [4.69, 9.17) is 4.74 Å². The van der Waals surface area contributed by atoms with Gasteiger partial charge >= 0.3 is 0 Å². The van der Waals surface area contributed by atoms with E-state index >= 15 is 0 Å². The normalized spacial score (nSPS) is 41.5. The Balaban J connectivity index is 1.55. The number of aromatic nitrogens is 1. The van der Waals surface area contributed by atoms with Gasteiger partial charge in [-0.15, -0.1) is 0 Å². The Kier molecular flexibility index (Phi) is 3.80. The molecule has 0 bridgehead atoms. The second-order valence-electron chi connectivity index (χ2n) is 5.32. The zero-order valence-corrected chi connectivity index (χ0v) is 11.1. The molecule has 1 aliphatic carbocycles. The molecule has 1 saturated heterocycles. The van der Waals surface area contributed by atoms with Gasteiger partial charge in [-0.05, 0) is 12.1 Å². The van der Waals surface area contributed by atoms with E-state index in [9.17, 15) is 24.8 Å². The number of aliphatic hydroxyl groups excluding tert-OH is 4. The van der Waals surface area contributed by atoms with E-state index in [1.165, 1.54) is 12.3 Å². The van der Waals surface area contributed by atoms with Crippen molar-refractivity contribution in [2.45, 2.75) is 36.5 Å². The summed E-state index contributed by atoms with van der Waals surface area (Å²) in [4.78, 5) is 5.17. The molecule has 4 N–H and O–H groups in total. The second kappa shape index (κ2) is 5.47. The van der Waals surface area contributed by atoms with E-state index in [1.54, 1.807) is 11.0 Å². The van der Waals surface area contributed by atoms with Crippen LogP contribution >= 0.6 is 0 Å². The maximum absolute atomic E-state index is 13.3. The lowest BCUT2D eigenvalue weighted by Gasteiger charge is -2.30. The van der Waals surface area contributed by atoms with Crippen LogP contribution in [0.25, 0.3) is 0 Å². The monoisotopic (exact) mass is 300 g/mol. The molecule has 116 valence electrons. The van der Waals surface area contributed by atoms with Crippen molar-refractivity contribution >= 4 is 0 Å². The predicted octanol–water partition coefficient (Wildman–Crippen LogP) is -1.89. The van der Waals surface area contributed by atoms with Gasteiger partial charge in [0.1, 0.15) is 18.8 Å². The van der Waals surface area contributed by atoms with Crippen LogP contribution in [0.15, 0.2) is 18.3 Å². The van der Waals surface area contributed by atoms with Gasteiger partial charge in [-0.2, -0.15) is 4.39 Å². The molecular formula is C13H17FN2O5. The molecule has 2 heterocycles. The van der Waals surface area contributed by atoms with Crippen LogP contribution in [0.3, 0.4) is 0 Å². The highest BCUT2D eigenvalue weighted by molar-refractivity contribution is 5.19. The number of halogens is 1. The van der Waals surface area contributed by atoms with E-state index in [-0.39, 0.29) is 12.4 Å². The van der Waals surface area contributed by atoms with Crippen LogP contribution in [0.4, 0.5) is 4.39 Å². The first-order valence-electron chi connectivity index (χ1n) is 6.73. The highest BCUT2D eigenvalue weighted by atomic mass is 19.1. The van der Waals surface area contributed by atoms with Gasteiger partial charge in [0, 0.05) is 12.7 Å². The summed E-state index contributed by atoms with van der Waals surface area (Å²) in [6.45, 7) is 0.471. The van der Waals surface area contributed by atoms with Crippen LogP contribution in [-0.2, 0) is 0 Å². The minimum Gasteiger partial charge on any atom is -0.487 e. The number of rotatable bonds is 4. The summed E-state index contributed by atoms with van der Waals surface area (Å²) in [6, 6.07) is 2.17. The van der Waals surface area contributed by atoms with Gasteiger partial charge in [0.25, 0.3) is 5.95 Å². The highest BCUT2D eigenvalue weighted by Gasteiger charge is 2.63. The molecule has 2 aliphatic rings. The minimum atomic E-state index is -1.37. The van der Waals surface area contributed by atoms with Gasteiger partial charge < -0.3 is 25.2 Å². The summed E-state index contributed by atoms with van der Waals surface area (Å²) >= 11 is 0. The maximum atomic E-state index is 13.3. The molecule has 7 atom stereocenters. The number of hydrogen-bond donors (Lipinski definition) is 4. The van der Waals surface area contributed by atoms with Crippen LogP contribution in [-0.4, -0.2) is 80.0 Å². The molecular weight excluding hydrogens is 283 g/mol. The molecule has 3 rings (SSSR count). The third-order valence-electron chi connectivity index (χ3n) is 4.11. The molecule has 0 radical (unpaired) electrons. The third-order valence-corrected chi connectivity index (χ3v) is 4.11. The number of pyridine rings is 1. The third kappa shape index (κ3) is 2.49. The summed E-state index contributed by atoms with van der Waals surface area (Å²) < 4.78 is 18.5. The van der Waals surface area contributed by atoms with Crippen LogP contribution in [0.5, 0.6) is 5.75 Å². The summed E-state index contributed by atoms with van der Waals surface area (Å²) in [5.41, 5.74) is 0. The van der Waals surface area contributed by atoms with Gasteiger partial charge in [0.05, 0.1) is 24.3 Å². The maximum Gasteiger partial charge on any atom is 0.255 e. The first kappa shape index (κ1) is 14.6. The lowest BCUT2D eigenvalue weighted by atomic mass is 9.90. The zero-order valence-electron chi connectivity index (χ0n) is 11.1. The van der Waals surface area contributed by atoms with Crippen molar-refractivity contribution in [2.75, 3.05) is 13.2 Å². The smallest absolute Gasteiger partial charge is 0.255 e. The number of likely N-dealkylation sites (tertiary alicyclic amines) is 1. The average molecular weight is 300 g/mol. The summed E-state index contributed by atoms with van der Waals surface area (Å²) in [5.74, 6) is -0.671. The number of ether oxygens (including phenoxy) is 1. The number of aliphatic hydroxyl groups is 4. The molecule has 21 heavy (non-hydrogen) atoms. The number of hydrogen-bond acceptors (Lipinski definition) is 7. The average Bonchev–Trinajstić information content (AvgIpc) is 3.19. The first-order valence-corrected chi connectivity index (χ1v) is 6.73. The fourth-order valence-corrected chi connectivity index (χ4v) is 2.96. The summed E-state index contributed by atoms with van der Waals surface area (Å²) in [7, 11) is 0. The van der Waals surface area contributed by atoms with Crippen molar-refractivity contribution in [3.05, 3.63) is 24.3 Å². The topological polar surface area (TPSA) is 106 Å². The lowest BCUT2D eigenvalue weighted by Crippen LogP contribution is -2.53. The molecule has 0 spiro atoms.